The summed E-state index contributed by atoms with van der Waals surface area (Å²) in [5, 5.41) is 14.9. The molecule has 0 heterocycles. The maximum Gasteiger partial charge on any atom is 0.313 e. The van der Waals surface area contributed by atoms with Gasteiger partial charge in [-0.05, 0) is 37.8 Å². The van der Waals surface area contributed by atoms with Gasteiger partial charge in [0.05, 0.1) is 16.8 Å². The third kappa shape index (κ3) is 3.95. The number of amides is 2. The molecule has 1 fully saturated rings. The SMILES string of the molecule is O=C(Nc1ccccc1Cl)C(=O)NC1CCC(O)CC1. The number of hydrogen-bond acceptors (Lipinski definition) is 3. The van der Waals surface area contributed by atoms with Gasteiger partial charge in [-0.25, -0.2) is 0 Å². The number of nitrogens with one attached hydrogen (secondary N) is 2. The van der Waals surface area contributed by atoms with Crippen molar-refractivity contribution in [2.75, 3.05) is 5.32 Å². The standard InChI is InChI=1S/C14H17ClN2O3/c15-11-3-1-2-4-12(11)17-14(20)13(19)16-9-5-7-10(18)8-6-9/h1-4,9-10,18H,5-8H2,(H,16,19)(H,17,20). The van der Waals surface area contributed by atoms with Gasteiger partial charge in [0.1, 0.15) is 0 Å². The van der Waals surface area contributed by atoms with Crippen molar-refractivity contribution in [3.63, 3.8) is 0 Å². The minimum Gasteiger partial charge on any atom is -0.393 e. The molecular formula is C14H17ClN2O3. The molecule has 1 aromatic carbocycles. The highest BCUT2D eigenvalue weighted by Gasteiger charge is 2.23. The summed E-state index contributed by atoms with van der Waals surface area (Å²) in [4.78, 5) is 23.6. The van der Waals surface area contributed by atoms with Crippen LogP contribution in [0, 0.1) is 0 Å². The molecule has 0 saturated heterocycles. The first-order valence-corrected chi connectivity index (χ1v) is 6.98. The Morgan fingerprint density at radius 3 is 2.40 bits per heavy atom. The lowest BCUT2D eigenvalue weighted by Gasteiger charge is -2.25. The Hall–Kier alpha value is -1.59. The van der Waals surface area contributed by atoms with Crippen molar-refractivity contribution in [1.29, 1.82) is 0 Å². The Labute approximate surface area is 122 Å². The molecule has 1 aromatic rings. The zero-order chi connectivity index (χ0) is 14.5. The Bertz CT molecular complexity index is 499. The predicted octanol–water partition coefficient (Wildman–Crippen LogP) is 1.70. The van der Waals surface area contributed by atoms with Gasteiger partial charge in [0, 0.05) is 6.04 Å². The summed E-state index contributed by atoms with van der Waals surface area (Å²) >= 11 is 5.91. The molecule has 0 radical (unpaired) electrons. The van der Waals surface area contributed by atoms with Crippen molar-refractivity contribution in [2.24, 2.45) is 0 Å². The lowest BCUT2D eigenvalue weighted by atomic mass is 9.93. The topological polar surface area (TPSA) is 78.4 Å². The van der Waals surface area contributed by atoms with Gasteiger partial charge in [-0.2, -0.15) is 0 Å². The van der Waals surface area contributed by atoms with Gasteiger partial charge in [-0.1, -0.05) is 23.7 Å². The largest absolute Gasteiger partial charge is 0.393 e. The maximum absolute atomic E-state index is 11.8. The fraction of sp³-hybridized carbons (Fsp3) is 0.429. The maximum atomic E-state index is 11.8. The van der Waals surface area contributed by atoms with E-state index in [0.717, 1.165) is 0 Å². The smallest absolute Gasteiger partial charge is 0.313 e. The first kappa shape index (κ1) is 14.8. The van der Waals surface area contributed by atoms with E-state index >= 15 is 0 Å². The fourth-order valence-electron chi connectivity index (χ4n) is 2.21. The molecule has 0 bridgehead atoms. The van der Waals surface area contributed by atoms with Gasteiger partial charge in [0.25, 0.3) is 0 Å². The molecule has 1 aliphatic rings. The van der Waals surface area contributed by atoms with Crippen LogP contribution >= 0.6 is 11.6 Å². The predicted molar refractivity (Wildman–Crippen MR) is 76.5 cm³/mol. The highest BCUT2D eigenvalue weighted by atomic mass is 35.5. The minimum absolute atomic E-state index is 0.0529. The molecule has 108 valence electrons. The molecule has 20 heavy (non-hydrogen) atoms. The normalized spacial score (nSPS) is 22.1. The van der Waals surface area contributed by atoms with Crippen LogP contribution in [0.4, 0.5) is 5.69 Å². The molecule has 0 spiro atoms. The summed E-state index contributed by atoms with van der Waals surface area (Å²) in [5.74, 6) is -1.41. The fourth-order valence-corrected chi connectivity index (χ4v) is 2.40. The van der Waals surface area contributed by atoms with Gasteiger partial charge in [0.2, 0.25) is 0 Å². The number of aliphatic hydroxyl groups is 1. The zero-order valence-corrected chi connectivity index (χ0v) is 11.7. The number of halogens is 1. The Morgan fingerprint density at radius 1 is 1.10 bits per heavy atom. The third-order valence-electron chi connectivity index (χ3n) is 3.36. The average Bonchev–Trinajstić information content (AvgIpc) is 2.44. The van der Waals surface area contributed by atoms with E-state index in [2.05, 4.69) is 10.6 Å². The van der Waals surface area contributed by atoms with Gasteiger partial charge in [0.15, 0.2) is 0 Å². The summed E-state index contributed by atoms with van der Waals surface area (Å²) in [7, 11) is 0. The van der Waals surface area contributed by atoms with E-state index in [4.69, 9.17) is 11.6 Å². The summed E-state index contributed by atoms with van der Waals surface area (Å²) in [6, 6.07) is 6.68. The molecular weight excluding hydrogens is 280 g/mol. The number of benzene rings is 1. The average molecular weight is 297 g/mol. The van der Waals surface area contributed by atoms with Crippen LogP contribution in [0.1, 0.15) is 25.7 Å². The molecule has 0 atom stereocenters. The van der Waals surface area contributed by atoms with Crippen molar-refractivity contribution in [3.8, 4) is 0 Å². The van der Waals surface area contributed by atoms with E-state index in [0.29, 0.717) is 36.4 Å². The summed E-state index contributed by atoms with van der Waals surface area (Å²) < 4.78 is 0. The van der Waals surface area contributed by atoms with E-state index in [1.165, 1.54) is 0 Å². The second-order valence-corrected chi connectivity index (χ2v) is 5.32. The van der Waals surface area contributed by atoms with Crippen LogP contribution in [0.15, 0.2) is 24.3 Å². The van der Waals surface area contributed by atoms with Gasteiger partial charge in [-0.15, -0.1) is 0 Å². The van der Waals surface area contributed by atoms with Crippen LogP contribution in [0.3, 0.4) is 0 Å². The highest BCUT2D eigenvalue weighted by molar-refractivity contribution is 6.41. The lowest BCUT2D eigenvalue weighted by Crippen LogP contribution is -2.43. The van der Waals surface area contributed by atoms with Gasteiger partial charge >= 0.3 is 11.8 Å². The molecule has 6 heteroatoms. The van der Waals surface area contributed by atoms with E-state index < -0.39 is 11.8 Å². The van der Waals surface area contributed by atoms with Crippen LogP contribution in [-0.4, -0.2) is 29.1 Å². The van der Waals surface area contributed by atoms with Crippen LogP contribution in [0.5, 0.6) is 0 Å². The number of carbonyl (C=O) groups excluding carboxylic acids is 2. The Morgan fingerprint density at radius 2 is 1.75 bits per heavy atom. The minimum atomic E-state index is -0.732. The number of hydrogen-bond donors (Lipinski definition) is 3. The van der Waals surface area contributed by atoms with Crippen molar-refractivity contribution in [1.82, 2.24) is 5.32 Å². The quantitative estimate of drug-likeness (QED) is 0.727. The van der Waals surface area contributed by atoms with E-state index in [1.54, 1.807) is 24.3 Å². The van der Waals surface area contributed by atoms with Gasteiger partial charge < -0.3 is 15.7 Å². The third-order valence-corrected chi connectivity index (χ3v) is 3.69. The number of para-hydroxylation sites is 1. The number of aliphatic hydroxyl groups excluding tert-OH is 1. The summed E-state index contributed by atoms with van der Waals surface area (Å²) in [6.45, 7) is 0. The zero-order valence-electron chi connectivity index (χ0n) is 10.9. The first-order valence-electron chi connectivity index (χ1n) is 6.60. The Balaban J connectivity index is 1.86. The van der Waals surface area contributed by atoms with Crippen molar-refractivity contribution in [3.05, 3.63) is 29.3 Å². The Kier molecular flexibility index (Phi) is 4.98. The second-order valence-electron chi connectivity index (χ2n) is 4.91. The van der Waals surface area contributed by atoms with Crippen molar-refractivity contribution in [2.45, 2.75) is 37.8 Å². The molecule has 0 aromatic heterocycles. The molecule has 1 aliphatic carbocycles. The van der Waals surface area contributed by atoms with Crippen molar-refractivity contribution >= 4 is 29.1 Å². The molecule has 2 rings (SSSR count). The molecule has 0 aliphatic heterocycles. The number of rotatable bonds is 2. The summed E-state index contributed by atoms with van der Waals surface area (Å²) in [6.07, 6.45) is 2.38. The molecule has 5 nitrogen and oxygen atoms in total. The van der Waals surface area contributed by atoms with Crippen LogP contribution < -0.4 is 10.6 Å². The van der Waals surface area contributed by atoms with Crippen molar-refractivity contribution < 1.29 is 14.7 Å². The van der Waals surface area contributed by atoms with E-state index in [9.17, 15) is 14.7 Å². The monoisotopic (exact) mass is 296 g/mol. The van der Waals surface area contributed by atoms with E-state index in [1.807, 2.05) is 0 Å². The lowest BCUT2D eigenvalue weighted by molar-refractivity contribution is -0.136. The van der Waals surface area contributed by atoms with Crippen LogP contribution in [-0.2, 0) is 9.59 Å². The van der Waals surface area contributed by atoms with Crippen LogP contribution in [0.25, 0.3) is 0 Å². The van der Waals surface area contributed by atoms with Crippen LogP contribution in [0.2, 0.25) is 5.02 Å². The molecule has 0 unspecified atom stereocenters. The molecule has 1 saturated carbocycles. The van der Waals surface area contributed by atoms with E-state index in [-0.39, 0.29) is 12.1 Å². The molecule has 3 N–H and O–H groups in total. The first-order chi connectivity index (χ1) is 9.56. The van der Waals surface area contributed by atoms with Gasteiger partial charge in [-0.3, -0.25) is 9.59 Å². The second kappa shape index (κ2) is 6.72. The number of carbonyl (C=O) groups is 2. The molecule has 2 amide bonds. The highest BCUT2D eigenvalue weighted by Crippen LogP contribution is 2.21. The number of anilines is 1. The summed E-state index contributed by atoms with van der Waals surface area (Å²) in [5.41, 5.74) is 0.411.